The van der Waals surface area contributed by atoms with Crippen molar-refractivity contribution in [2.45, 2.75) is 38.8 Å². The molecule has 7 nitrogen and oxygen atoms in total. The summed E-state index contributed by atoms with van der Waals surface area (Å²) < 4.78 is 11.3. The molecule has 2 saturated heterocycles. The highest BCUT2D eigenvalue weighted by atomic mass is 16.5. The van der Waals surface area contributed by atoms with E-state index >= 15 is 0 Å². The first kappa shape index (κ1) is 21.9. The number of likely N-dealkylation sites (tertiary alicyclic amines) is 1. The van der Waals surface area contributed by atoms with Gasteiger partial charge in [0.1, 0.15) is 17.3 Å². The van der Waals surface area contributed by atoms with Gasteiger partial charge in [-0.1, -0.05) is 12.1 Å². The summed E-state index contributed by atoms with van der Waals surface area (Å²) in [5, 5.41) is 20.9. The first-order chi connectivity index (χ1) is 15.4. The summed E-state index contributed by atoms with van der Waals surface area (Å²) in [7, 11) is 0. The summed E-state index contributed by atoms with van der Waals surface area (Å²) in [6.07, 6.45) is 1.56. The molecular formula is C25H27NO6. The molecule has 0 aromatic heterocycles. The number of hydrogen-bond acceptors (Lipinski definition) is 6. The van der Waals surface area contributed by atoms with Gasteiger partial charge in [-0.2, -0.15) is 0 Å². The van der Waals surface area contributed by atoms with Crippen LogP contribution in [0.3, 0.4) is 0 Å². The highest BCUT2D eigenvalue weighted by Gasteiger charge is 2.47. The van der Waals surface area contributed by atoms with Crippen LogP contribution in [-0.2, 0) is 14.3 Å². The number of carbonyl (C=O) groups excluding carboxylic acids is 2. The van der Waals surface area contributed by atoms with E-state index in [1.165, 1.54) is 17.0 Å². The van der Waals surface area contributed by atoms with Gasteiger partial charge in [0.2, 0.25) is 0 Å². The molecule has 2 heterocycles. The van der Waals surface area contributed by atoms with E-state index in [1.807, 2.05) is 13.8 Å². The van der Waals surface area contributed by atoms with E-state index in [2.05, 4.69) is 0 Å². The van der Waals surface area contributed by atoms with E-state index in [0.717, 1.165) is 18.4 Å². The number of amides is 1. The Labute approximate surface area is 186 Å². The molecule has 2 aromatic carbocycles. The molecule has 0 aliphatic carbocycles. The van der Waals surface area contributed by atoms with E-state index in [1.54, 1.807) is 30.3 Å². The number of phenols is 1. The maximum absolute atomic E-state index is 13.1. The molecule has 4 rings (SSSR count). The van der Waals surface area contributed by atoms with Crippen molar-refractivity contribution in [1.82, 2.24) is 4.90 Å². The molecule has 2 fully saturated rings. The molecule has 0 radical (unpaired) electrons. The topological polar surface area (TPSA) is 96.3 Å². The van der Waals surface area contributed by atoms with Gasteiger partial charge in [0.05, 0.1) is 24.3 Å². The van der Waals surface area contributed by atoms with E-state index in [4.69, 9.17) is 9.47 Å². The molecule has 0 spiro atoms. The van der Waals surface area contributed by atoms with Crippen molar-refractivity contribution >= 4 is 17.4 Å². The number of ketones is 1. The number of aliphatic hydroxyl groups is 1. The minimum atomic E-state index is -0.772. The number of benzene rings is 2. The van der Waals surface area contributed by atoms with Crippen LogP contribution in [0.25, 0.3) is 5.76 Å². The van der Waals surface area contributed by atoms with E-state index in [9.17, 15) is 19.8 Å². The van der Waals surface area contributed by atoms with Crippen molar-refractivity contribution in [2.75, 3.05) is 19.8 Å². The third-order valence-corrected chi connectivity index (χ3v) is 5.92. The van der Waals surface area contributed by atoms with Gasteiger partial charge in [-0.25, -0.2) is 0 Å². The largest absolute Gasteiger partial charge is 0.508 e. The molecule has 2 aliphatic rings. The summed E-state index contributed by atoms with van der Waals surface area (Å²) in [6.45, 7) is 5.15. The van der Waals surface area contributed by atoms with Crippen LogP contribution in [-0.4, -0.2) is 52.7 Å². The minimum Gasteiger partial charge on any atom is -0.508 e. The van der Waals surface area contributed by atoms with Gasteiger partial charge in [0.25, 0.3) is 11.7 Å². The lowest BCUT2D eigenvalue weighted by atomic mass is 9.94. The third-order valence-electron chi connectivity index (χ3n) is 5.92. The minimum absolute atomic E-state index is 0.0299. The Morgan fingerprint density at radius 2 is 1.94 bits per heavy atom. The highest BCUT2D eigenvalue weighted by molar-refractivity contribution is 6.46. The Morgan fingerprint density at radius 3 is 2.56 bits per heavy atom. The second-order valence-electron chi connectivity index (χ2n) is 8.09. The molecule has 0 saturated carbocycles. The van der Waals surface area contributed by atoms with Gasteiger partial charge in [-0.15, -0.1) is 0 Å². The van der Waals surface area contributed by atoms with Crippen molar-refractivity contribution in [3.05, 3.63) is 64.7 Å². The number of aliphatic hydroxyl groups excluding tert-OH is 1. The molecular weight excluding hydrogens is 410 g/mol. The van der Waals surface area contributed by atoms with Gasteiger partial charge in [-0.3, -0.25) is 9.59 Å². The fourth-order valence-corrected chi connectivity index (χ4v) is 4.35. The summed E-state index contributed by atoms with van der Waals surface area (Å²) in [4.78, 5) is 27.6. The van der Waals surface area contributed by atoms with Crippen LogP contribution in [0.5, 0.6) is 11.5 Å². The Kier molecular flexibility index (Phi) is 6.19. The number of hydrogen-bond donors (Lipinski definition) is 2. The van der Waals surface area contributed by atoms with Crippen molar-refractivity contribution in [2.24, 2.45) is 0 Å². The van der Waals surface area contributed by atoms with Gasteiger partial charge >= 0.3 is 0 Å². The van der Waals surface area contributed by atoms with Crippen LogP contribution < -0.4 is 4.74 Å². The van der Waals surface area contributed by atoms with Crippen LogP contribution in [0, 0.1) is 6.92 Å². The molecule has 2 unspecified atom stereocenters. The van der Waals surface area contributed by atoms with Crippen LogP contribution in [0.1, 0.15) is 42.5 Å². The Morgan fingerprint density at radius 1 is 1.19 bits per heavy atom. The maximum atomic E-state index is 13.1. The van der Waals surface area contributed by atoms with Gasteiger partial charge in [0.15, 0.2) is 0 Å². The second-order valence-corrected chi connectivity index (χ2v) is 8.09. The Bertz CT molecular complexity index is 1050. The fraction of sp³-hybridized carbons (Fsp3) is 0.360. The monoisotopic (exact) mass is 437 g/mol. The first-order valence-corrected chi connectivity index (χ1v) is 10.8. The normalized spacial score (nSPS) is 22.5. The molecule has 7 heteroatoms. The third kappa shape index (κ3) is 4.08. The zero-order valence-corrected chi connectivity index (χ0v) is 18.2. The molecule has 1 amide bonds. The zero-order valence-electron chi connectivity index (χ0n) is 18.2. The van der Waals surface area contributed by atoms with Crippen molar-refractivity contribution in [1.29, 1.82) is 0 Å². The number of Topliss-reactive ketones (excluding diaryl/α,β-unsaturated/α-hetero) is 1. The lowest BCUT2D eigenvalue weighted by Crippen LogP contribution is -2.36. The summed E-state index contributed by atoms with van der Waals surface area (Å²) in [5.74, 6) is -0.861. The van der Waals surface area contributed by atoms with E-state index in [-0.39, 0.29) is 29.7 Å². The maximum Gasteiger partial charge on any atom is 0.295 e. The fourth-order valence-electron chi connectivity index (χ4n) is 4.35. The molecule has 2 aliphatic heterocycles. The SMILES string of the molecule is CCOc1ccc(/C(O)=C2/C(=O)C(=O)N(CC3CCCO3)C2c2ccc(O)cc2)cc1C. The summed E-state index contributed by atoms with van der Waals surface area (Å²) >= 11 is 0. The molecule has 2 atom stereocenters. The average Bonchev–Trinajstić information content (AvgIpc) is 3.38. The van der Waals surface area contributed by atoms with Crippen molar-refractivity contribution < 1.29 is 29.3 Å². The second kappa shape index (κ2) is 9.04. The number of rotatable bonds is 6. The van der Waals surface area contributed by atoms with Gasteiger partial charge < -0.3 is 24.6 Å². The highest BCUT2D eigenvalue weighted by Crippen LogP contribution is 2.40. The predicted octanol–water partition coefficient (Wildman–Crippen LogP) is 3.70. The smallest absolute Gasteiger partial charge is 0.295 e. The Balaban J connectivity index is 1.80. The summed E-state index contributed by atoms with van der Waals surface area (Å²) in [6, 6.07) is 10.7. The number of phenolic OH excluding ortho intramolecular Hbond substituents is 1. The number of aryl methyl sites for hydroxylation is 1. The zero-order chi connectivity index (χ0) is 22.8. The molecule has 0 bridgehead atoms. The lowest BCUT2D eigenvalue weighted by molar-refractivity contribution is -0.140. The predicted molar refractivity (Wildman–Crippen MR) is 118 cm³/mol. The molecule has 168 valence electrons. The number of nitrogens with zero attached hydrogens (tertiary/aromatic N) is 1. The van der Waals surface area contributed by atoms with Crippen molar-refractivity contribution in [3.63, 3.8) is 0 Å². The summed E-state index contributed by atoms with van der Waals surface area (Å²) in [5.41, 5.74) is 1.90. The van der Waals surface area contributed by atoms with Crippen LogP contribution in [0.4, 0.5) is 0 Å². The standard InChI is InChI=1S/C25H27NO6/c1-3-31-20-11-8-17(13-15(20)2)23(28)21-22(16-6-9-18(27)10-7-16)26(25(30)24(21)29)14-19-5-4-12-32-19/h6-11,13,19,22,27-28H,3-5,12,14H2,1-2H3/b23-21-. The number of carbonyl (C=O) groups is 2. The first-order valence-electron chi connectivity index (χ1n) is 10.8. The molecule has 32 heavy (non-hydrogen) atoms. The molecule has 2 N–H and O–H groups in total. The van der Waals surface area contributed by atoms with E-state index < -0.39 is 17.7 Å². The lowest BCUT2D eigenvalue weighted by Gasteiger charge is -2.27. The van der Waals surface area contributed by atoms with E-state index in [0.29, 0.717) is 30.1 Å². The Hall–Kier alpha value is -3.32. The van der Waals surface area contributed by atoms with Gasteiger partial charge in [-0.05, 0) is 68.1 Å². The quantitative estimate of drug-likeness (QED) is 0.406. The van der Waals surface area contributed by atoms with Gasteiger partial charge in [0, 0.05) is 18.7 Å². The van der Waals surface area contributed by atoms with Crippen molar-refractivity contribution in [3.8, 4) is 11.5 Å². The average molecular weight is 437 g/mol. The van der Waals surface area contributed by atoms with Crippen LogP contribution in [0.2, 0.25) is 0 Å². The number of ether oxygens (including phenoxy) is 2. The van der Waals surface area contributed by atoms with Crippen LogP contribution >= 0.6 is 0 Å². The van der Waals surface area contributed by atoms with Crippen LogP contribution in [0.15, 0.2) is 48.0 Å². The molecule has 2 aromatic rings. The number of aromatic hydroxyl groups is 1.